The van der Waals surface area contributed by atoms with Crippen molar-refractivity contribution >= 4 is 0 Å². The lowest BCUT2D eigenvalue weighted by molar-refractivity contribution is -0.131. The van der Waals surface area contributed by atoms with Gasteiger partial charge in [0, 0.05) is 6.54 Å². The minimum absolute atomic E-state index is 0.310. The Morgan fingerprint density at radius 2 is 2.23 bits per heavy atom. The van der Waals surface area contributed by atoms with Crippen LogP contribution in [0.4, 0.5) is 0 Å². The van der Waals surface area contributed by atoms with Crippen LogP contribution in [0.2, 0.25) is 0 Å². The fourth-order valence-corrected chi connectivity index (χ4v) is 3.62. The van der Waals surface area contributed by atoms with Crippen molar-refractivity contribution in [1.82, 2.24) is 4.90 Å². The molecule has 1 unspecified atom stereocenters. The second-order valence-corrected chi connectivity index (χ2v) is 6.37. The number of fused-ring (bicyclic) bond motifs is 3. The molecule has 0 spiro atoms. The predicted octanol–water partition coefficient (Wildman–Crippen LogP) is 2.12. The Labute approximate surface area is 131 Å². The number of benzene rings is 1. The van der Waals surface area contributed by atoms with Gasteiger partial charge in [-0.05, 0) is 62.0 Å². The number of nitriles is 1. The van der Waals surface area contributed by atoms with E-state index in [4.69, 9.17) is 10.00 Å². The first-order chi connectivity index (χ1) is 10.6. The van der Waals surface area contributed by atoms with Crippen molar-refractivity contribution in [3.8, 4) is 11.8 Å². The highest BCUT2D eigenvalue weighted by Gasteiger charge is 2.46. The summed E-state index contributed by atoms with van der Waals surface area (Å²) in [4.78, 5) is 2.31. The van der Waals surface area contributed by atoms with Crippen LogP contribution in [-0.2, 0) is 6.42 Å². The van der Waals surface area contributed by atoms with Gasteiger partial charge in [0.1, 0.15) is 18.0 Å². The molecular formula is C18H22N2O2. The summed E-state index contributed by atoms with van der Waals surface area (Å²) in [5, 5.41) is 19.9. The third-order valence-electron chi connectivity index (χ3n) is 4.88. The zero-order chi connectivity index (χ0) is 15.6. The summed E-state index contributed by atoms with van der Waals surface area (Å²) in [7, 11) is 0. The Hall–Kier alpha value is -1.83. The average molecular weight is 298 g/mol. The maximum atomic E-state index is 10.9. The topological polar surface area (TPSA) is 56.5 Å². The maximum Gasteiger partial charge on any atom is 0.123 e. The second kappa shape index (κ2) is 6.12. The smallest absolute Gasteiger partial charge is 0.123 e. The van der Waals surface area contributed by atoms with E-state index >= 15 is 0 Å². The SMILES string of the molecule is C=CCc1cc(C#N)ccc1OCC1(O)CN2CCC1CC2. The van der Waals surface area contributed by atoms with Gasteiger partial charge in [-0.3, -0.25) is 0 Å². The number of hydrogen-bond donors (Lipinski definition) is 1. The lowest BCUT2D eigenvalue weighted by Crippen LogP contribution is -2.61. The largest absolute Gasteiger partial charge is 0.490 e. The van der Waals surface area contributed by atoms with E-state index in [1.165, 1.54) is 0 Å². The van der Waals surface area contributed by atoms with Crippen LogP contribution in [0.25, 0.3) is 0 Å². The summed E-state index contributed by atoms with van der Waals surface area (Å²) < 4.78 is 5.95. The molecule has 2 bridgehead atoms. The summed E-state index contributed by atoms with van der Waals surface area (Å²) in [6.07, 6.45) is 4.55. The highest BCUT2D eigenvalue weighted by atomic mass is 16.5. The van der Waals surface area contributed by atoms with Crippen molar-refractivity contribution in [3.05, 3.63) is 42.0 Å². The highest BCUT2D eigenvalue weighted by Crippen LogP contribution is 2.36. The molecule has 3 aliphatic rings. The molecule has 1 aromatic carbocycles. The maximum absolute atomic E-state index is 10.9. The van der Waals surface area contributed by atoms with Crippen LogP contribution in [-0.4, -0.2) is 41.8 Å². The van der Waals surface area contributed by atoms with Gasteiger partial charge in [-0.2, -0.15) is 5.26 Å². The molecule has 1 N–H and O–H groups in total. The fraction of sp³-hybridized carbons (Fsp3) is 0.500. The molecular weight excluding hydrogens is 276 g/mol. The molecule has 0 saturated carbocycles. The number of ether oxygens (including phenoxy) is 1. The van der Waals surface area contributed by atoms with E-state index in [1.54, 1.807) is 12.1 Å². The Bertz CT molecular complexity index is 600. The van der Waals surface area contributed by atoms with E-state index in [2.05, 4.69) is 17.5 Å². The molecule has 3 saturated heterocycles. The minimum Gasteiger partial charge on any atom is -0.490 e. The Morgan fingerprint density at radius 1 is 1.45 bits per heavy atom. The predicted molar refractivity (Wildman–Crippen MR) is 84.7 cm³/mol. The molecule has 4 nitrogen and oxygen atoms in total. The van der Waals surface area contributed by atoms with E-state index in [0.717, 1.165) is 37.2 Å². The van der Waals surface area contributed by atoms with Gasteiger partial charge in [-0.15, -0.1) is 6.58 Å². The van der Waals surface area contributed by atoms with E-state index in [0.29, 0.717) is 31.1 Å². The van der Waals surface area contributed by atoms with Crippen molar-refractivity contribution in [2.75, 3.05) is 26.2 Å². The van der Waals surface area contributed by atoms with Crippen LogP contribution < -0.4 is 4.74 Å². The van der Waals surface area contributed by atoms with Gasteiger partial charge in [-0.1, -0.05) is 6.08 Å². The van der Waals surface area contributed by atoms with Crippen LogP contribution >= 0.6 is 0 Å². The molecule has 116 valence electrons. The molecule has 1 atom stereocenters. The first-order valence-corrected chi connectivity index (χ1v) is 7.86. The standard InChI is InChI=1S/C18H22N2O2/c1-2-3-15-10-14(11-19)4-5-17(15)22-13-18(21)12-20-8-6-16(18)7-9-20/h2,4-5,10,16,21H,1,3,6-9,12-13H2. The number of allylic oxidation sites excluding steroid dienone is 1. The van der Waals surface area contributed by atoms with Gasteiger partial charge in [0.25, 0.3) is 0 Å². The Morgan fingerprint density at radius 3 is 2.82 bits per heavy atom. The van der Waals surface area contributed by atoms with Gasteiger partial charge in [-0.25, -0.2) is 0 Å². The van der Waals surface area contributed by atoms with Crippen molar-refractivity contribution < 1.29 is 9.84 Å². The van der Waals surface area contributed by atoms with E-state index < -0.39 is 5.60 Å². The number of rotatable bonds is 5. The normalized spacial score (nSPS) is 29.8. The zero-order valence-electron chi connectivity index (χ0n) is 12.8. The van der Waals surface area contributed by atoms with Crippen LogP contribution in [0, 0.1) is 17.2 Å². The van der Waals surface area contributed by atoms with Gasteiger partial charge in [0.05, 0.1) is 11.6 Å². The third kappa shape index (κ3) is 2.87. The second-order valence-electron chi connectivity index (χ2n) is 6.37. The number of nitrogens with zero attached hydrogens (tertiary/aromatic N) is 2. The van der Waals surface area contributed by atoms with Crippen LogP contribution in [0.3, 0.4) is 0 Å². The number of piperidine rings is 3. The molecule has 3 aliphatic heterocycles. The lowest BCUT2D eigenvalue weighted by Gasteiger charge is -2.50. The molecule has 4 rings (SSSR count). The lowest BCUT2D eigenvalue weighted by atomic mass is 9.76. The molecule has 0 aromatic heterocycles. The molecule has 1 aromatic rings. The summed E-state index contributed by atoms with van der Waals surface area (Å²) in [6.45, 7) is 6.94. The van der Waals surface area contributed by atoms with Gasteiger partial charge in [0.15, 0.2) is 0 Å². The van der Waals surface area contributed by atoms with Crippen molar-refractivity contribution in [2.45, 2.75) is 24.9 Å². The summed E-state index contributed by atoms with van der Waals surface area (Å²) in [6, 6.07) is 7.55. The molecule has 3 heterocycles. The molecule has 0 radical (unpaired) electrons. The zero-order valence-corrected chi connectivity index (χ0v) is 12.8. The number of aliphatic hydroxyl groups is 1. The molecule has 0 amide bonds. The molecule has 22 heavy (non-hydrogen) atoms. The third-order valence-corrected chi connectivity index (χ3v) is 4.88. The Kier molecular flexibility index (Phi) is 4.19. The van der Waals surface area contributed by atoms with Crippen LogP contribution in [0.5, 0.6) is 5.75 Å². The van der Waals surface area contributed by atoms with E-state index in [-0.39, 0.29) is 0 Å². The van der Waals surface area contributed by atoms with Crippen LogP contribution in [0.1, 0.15) is 24.0 Å². The minimum atomic E-state index is -0.754. The molecule has 3 fully saturated rings. The molecule has 0 aliphatic carbocycles. The van der Waals surface area contributed by atoms with Gasteiger partial charge in [0.2, 0.25) is 0 Å². The summed E-state index contributed by atoms with van der Waals surface area (Å²) in [5.74, 6) is 1.07. The summed E-state index contributed by atoms with van der Waals surface area (Å²) in [5.41, 5.74) is 0.806. The first-order valence-electron chi connectivity index (χ1n) is 7.86. The van der Waals surface area contributed by atoms with Crippen molar-refractivity contribution in [2.24, 2.45) is 5.92 Å². The van der Waals surface area contributed by atoms with Crippen LogP contribution in [0.15, 0.2) is 30.9 Å². The first kappa shape index (κ1) is 15.1. The van der Waals surface area contributed by atoms with Gasteiger partial charge >= 0.3 is 0 Å². The average Bonchev–Trinajstić information content (AvgIpc) is 2.55. The van der Waals surface area contributed by atoms with Crippen molar-refractivity contribution in [3.63, 3.8) is 0 Å². The quantitative estimate of drug-likeness (QED) is 0.846. The Balaban J connectivity index is 1.73. The van der Waals surface area contributed by atoms with Gasteiger partial charge < -0.3 is 14.7 Å². The van der Waals surface area contributed by atoms with E-state index in [1.807, 2.05) is 12.1 Å². The monoisotopic (exact) mass is 298 g/mol. The number of hydrogen-bond acceptors (Lipinski definition) is 4. The van der Waals surface area contributed by atoms with Crippen molar-refractivity contribution in [1.29, 1.82) is 5.26 Å². The van der Waals surface area contributed by atoms with E-state index in [9.17, 15) is 5.11 Å². The summed E-state index contributed by atoms with van der Waals surface area (Å²) >= 11 is 0. The highest BCUT2D eigenvalue weighted by molar-refractivity contribution is 5.43. The fourth-order valence-electron chi connectivity index (χ4n) is 3.62. The molecule has 4 heteroatoms.